The maximum atomic E-state index is 14.2. The van der Waals surface area contributed by atoms with Crippen LogP contribution in [0, 0.1) is 11.8 Å². The first-order chi connectivity index (χ1) is 36.5. The third-order valence-corrected chi connectivity index (χ3v) is 17.9. The van der Waals surface area contributed by atoms with Crippen molar-refractivity contribution in [2.45, 2.75) is 84.0 Å². The van der Waals surface area contributed by atoms with Crippen molar-refractivity contribution in [1.29, 1.82) is 0 Å². The molecule has 6 aromatic rings. The van der Waals surface area contributed by atoms with Crippen LogP contribution in [0.5, 0.6) is 0 Å². The van der Waals surface area contributed by atoms with E-state index in [0.717, 1.165) is 87.3 Å². The SMILES string of the molecule is COC(=O)NC(C(=O)N1CCN(S(C)(=O)=O)C[C@H]1c1nc2ccc(-c3cc4ccc3CCc3ccc(c(-c5ccc6nc([C@@H]7CN(S(C)(=O)=O)CCN7C(=O)C(NC(=O)OC)C(C)C)[nH]c6c5)c3)C[C@H]4C)cc2[nH]1)C(C)C. The molecule has 4 aromatic carbocycles. The second-order valence-corrected chi connectivity index (χ2v) is 25.2. The zero-order valence-electron chi connectivity index (χ0n) is 44.9. The Hall–Kier alpha value is -6.88. The minimum Gasteiger partial charge on any atom is -0.453 e. The summed E-state index contributed by atoms with van der Waals surface area (Å²) in [6.07, 6.45) is 3.05. The van der Waals surface area contributed by atoms with Crippen LogP contribution in [0.1, 0.15) is 86.5 Å². The van der Waals surface area contributed by atoms with Crippen molar-refractivity contribution in [1.82, 2.24) is 49.0 Å². The van der Waals surface area contributed by atoms with Crippen LogP contribution in [0.2, 0.25) is 0 Å². The summed E-state index contributed by atoms with van der Waals surface area (Å²) in [4.78, 5) is 73.0. The summed E-state index contributed by atoms with van der Waals surface area (Å²) in [6.45, 7) is 9.89. The second kappa shape index (κ2) is 21.9. The van der Waals surface area contributed by atoms with Crippen molar-refractivity contribution in [3.05, 3.63) is 107 Å². The van der Waals surface area contributed by atoms with Gasteiger partial charge < -0.3 is 39.9 Å². The van der Waals surface area contributed by atoms with Gasteiger partial charge >= 0.3 is 12.2 Å². The fraction of sp³-hybridized carbons (Fsp3) is 0.455. The molecule has 2 unspecified atom stereocenters. The number of hydrogen-bond donors (Lipinski definition) is 4. The molecule has 6 aliphatic rings. The lowest BCUT2D eigenvalue weighted by molar-refractivity contribution is -0.139. The van der Waals surface area contributed by atoms with E-state index in [4.69, 9.17) is 19.4 Å². The molecule has 4 amide bonds. The maximum absolute atomic E-state index is 14.2. The highest BCUT2D eigenvalue weighted by atomic mass is 32.2. The van der Waals surface area contributed by atoms with Crippen LogP contribution in [0.15, 0.2) is 72.8 Å². The number of nitrogens with zero attached hydrogens (tertiary/aromatic N) is 6. The number of hydrogen-bond acceptors (Lipinski definition) is 12. The van der Waals surface area contributed by atoms with Crippen LogP contribution < -0.4 is 10.6 Å². The number of nitrogens with one attached hydrogen (secondary N) is 4. The third kappa shape index (κ3) is 11.6. The molecule has 22 heteroatoms. The normalized spacial score (nSPS) is 19.5. The number of sulfonamides is 2. The number of H-pyrrole nitrogens is 2. The Kier molecular flexibility index (Phi) is 15.6. The number of aryl methyl sites for hydroxylation is 2. The monoisotopic (exact) mass is 1090 g/mol. The Morgan fingerprint density at radius 2 is 1.08 bits per heavy atom. The topological polar surface area (TPSA) is 249 Å². The molecule has 410 valence electrons. The molecule has 0 saturated carbocycles. The minimum atomic E-state index is -3.61. The number of carbonyl (C=O) groups is 4. The summed E-state index contributed by atoms with van der Waals surface area (Å²) in [5.41, 5.74) is 11.6. The average Bonchev–Trinajstić information content (AvgIpc) is 4.04. The number of fused-ring (bicyclic) bond motifs is 2. The molecule has 4 heterocycles. The second-order valence-electron chi connectivity index (χ2n) is 21.3. The van der Waals surface area contributed by atoms with Crippen molar-refractivity contribution >= 4 is 66.1 Å². The minimum absolute atomic E-state index is 0.0129. The molecule has 2 aliphatic heterocycles. The van der Waals surface area contributed by atoms with Crippen LogP contribution in [-0.2, 0) is 58.4 Å². The molecule has 0 radical (unpaired) electrons. The Labute approximate surface area is 449 Å². The lowest BCUT2D eigenvalue weighted by Gasteiger charge is -2.41. The molecule has 2 saturated heterocycles. The van der Waals surface area contributed by atoms with E-state index in [1.807, 2.05) is 52.0 Å². The molecule has 5 atom stereocenters. The van der Waals surface area contributed by atoms with Gasteiger partial charge in [0.2, 0.25) is 31.9 Å². The number of imidazole rings is 2. The van der Waals surface area contributed by atoms with E-state index in [1.165, 1.54) is 22.8 Å². The lowest BCUT2D eigenvalue weighted by atomic mass is 9.84. The van der Waals surface area contributed by atoms with E-state index in [2.05, 4.69) is 76.1 Å². The standard InChI is InChI=1S/C55H68N10O10S2/c1-31(2)48(60-54(68)74-6)52(66)64-22-20-62(76(8,70)71)29-46(64)50-56-42-18-16-38(27-44(42)58-50)40-25-34-10-12-35-14-15-36(33(5)24-37(40)13-11-34)26-41(35)39-17-19-43-45(28-39)59-51(57-43)47-30-63(77(9,72)73)21-23-65(47)53(67)49(32(3)4)61-55(69)75-7/h11,13-19,25-28,31-33,46-49H,10,12,20-24,29-30H2,1-9H3,(H,56,58)(H,57,59)(H,60,68)(H,61,69)/t33-,46+,47+,48?,49?/m1/s1. The number of aromatic nitrogens is 4. The van der Waals surface area contributed by atoms with Crippen molar-refractivity contribution in [3.63, 3.8) is 0 Å². The molecule has 4 N–H and O–H groups in total. The van der Waals surface area contributed by atoms with Crippen LogP contribution >= 0.6 is 0 Å². The van der Waals surface area contributed by atoms with Gasteiger partial charge in [0.05, 0.1) is 48.8 Å². The molecule has 2 aromatic heterocycles. The highest BCUT2D eigenvalue weighted by Crippen LogP contribution is 2.38. The molecule has 20 nitrogen and oxygen atoms in total. The van der Waals surface area contributed by atoms with Gasteiger partial charge in [0.1, 0.15) is 35.8 Å². The summed E-state index contributed by atoms with van der Waals surface area (Å²) in [6, 6.07) is 22.1. The van der Waals surface area contributed by atoms with Crippen molar-refractivity contribution in [2.24, 2.45) is 11.8 Å². The van der Waals surface area contributed by atoms with E-state index in [-0.39, 0.29) is 68.8 Å². The van der Waals surface area contributed by atoms with Gasteiger partial charge in [0.25, 0.3) is 0 Å². The first kappa shape index (κ1) is 54.9. The van der Waals surface area contributed by atoms with Crippen LogP contribution in [0.3, 0.4) is 0 Å². The molecule has 2 fully saturated rings. The van der Waals surface area contributed by atoms with E-state index in [9.17, 15) is 36.0 Å². The predicted molar refractivity (Wildman–Crippen MR) is 293 cm³/mol. The van der Waals surface area contributed by atoms with E-state index < -0.39 is 56.4 Å². The Morgan fingerprint density at radius 3 is 1.53 bits per heavy atom. The molecular formula is C55H68N10O10S2. The average molecular weight is 1090 g/mol. The van der Waals surface area contributed by atoms with Gasteiger partial charge in [0, 0.05) is 39.3 Å². The molecule has 77 heavy (non-hydrogen) atoms. The van der Waals surface area contributed by atoms with Crippen LogP contribution in [0.4, 0.5) is 9.59 Å². The molecular weight excluding hydrogens is 1020 g/mol. The summed E-state index contributed by atoms with van der Waals surface area (Å²) >= 11 is 0. The van der Waals surface area contributed by atoms with Gasteiger partial charge in [-0.25, -0.2) is 36.4 Å². The van der Waals surface area contributed by atoms with E-state index in [1.54, 1.807) is 9.80 Å². The Bertz CT molecular complexity index is 3490. The van der Waals surface area contributed by atoms with Gasteiger partial charge in [-0.1, -0.05) is 83.1 Å². The number of alkyl carbamates (subject to hydrolysis) is 2. The fourth-order valence-corrected chi connectivity index (χ4v) is 12.6. The zero-order valence-corrected chi connectivity index (χ0v) is 46.5. The number of piperazine rings is 2. The maximum Gasteiger partial charge on any atom is 0.407 e. The number of rotatable bonds is 12. The summed E-state index contributed by atoms with van der Waals surface area (Å²) in [5, 5.41) is 5.32. The Balaban J connectivity index is 1.000. The fourth-order valence-electron chi connectivity index (χ4n) is 10.9. The summed E-state index contributed by atoms with van der Waals surface area (Å²) in [5.74, 6) is -0.316. The number of amides is 4. The Morgan fingerprint density at radius 1 is 0.610 bits per heavy atom. The van der Waals surface area contributed by atoms with Crippen molar-refractivity contribution in [2.75, 3.05) is 66.0 Å². The third-order valence-electron chi connectivity index (χ3n) is 15.3. The van der Waals surface area contributed by atoms with Gasteiger partial charge in [-0.05, 0) is 106 Å². The largest absolute Gasteiger partial charge is 0.453 e. The number of ether oxygens (including phenoxy) is 2. The van der Waals surface area contributed by atoms with Gasteiger partial charge in [-0.15, -0.1) is 0 Å². The van der Waals surface area contributed by atoms with Crippen molar-refractivity contribution < 1.29 is 45.5 Å². The summed E-state index contributed by atoms with van der Waals surface area (Å²) < 4.78 is 63.8. The van der Waals surface area contributed by atoms with Crippen molar-refractivity contribution in [3.8, 4) is 22.3 Å². The van der Waals surface area contributed by atoms with Gasteiger partial charge in [-0.2, -0.15) is 8.61 Å². The smallest absolute Gasteiger partial charge is 0.407 e. The van der Waals surface area contributed by atoms with Gasteiger partial charge in [-0.3, -0.25) is 9.59 Å². The highest BCUT2D eigenvalue weighted by Gasteiger charge is 2.42. The number of benzene rings is 4. The lowest BCUT2D eigenvalue weighted by Crippen LogP contribution is -2.58. The first-order valence-corrected chi connectivity index (χ1v) is 29.7. The predicted octanol–water partition coefficient (Wildman–Crippen LogP) is 6.27. The number of aromatic amines is 2. The summed E-state index contributed by atoms with van der Waals surface area (Å²) in [7, 11) is -4.74. The first-order valence-electron chi connectivity index (χ1n) is 26.0. The molecule has 12 rings (SSSR count). The van der Waals surface area contributed by atoms with Crippen LogP contribution in [-0.4, -0.2) is 157 Å². The number of carbonyl (C=O) groups excluding carboxylic acids is 4. The highest BCUT2D eigenvalue weighted by molar-refractivity contribution is 7.88. The van der Waals surface area contributed by atoms with Crippen LogP contribution in [0.25, 0.3) is 44.3 Å². The zero-order chi connectivity index (χ0) is 55.2. The quantitative estimate of drug-likeness (QED) is 0.106. The molecule has 4 bridgehead atoms. The molecule has 4 aliphatic carbocycles. The van der Waals surface area contributed by atoms with E-state index in [0.29, 0.717) is 22.7 Å². The number of methoxy groups -OCH3 is 2. The molecule has 0 spiro atoms. The van der Waals surface area contributed by atoms with Gasteiger partial charge in [0.15, 0.2) is 0 Å². The van der Waals surface area contributed by atoms with E-state index >= 15 is 0 Å².